The fraction of sp³-hybridized carbons (Fsp3) is 0.333. The molecule has 0 saturated heterocycles. The minimum Gasteiger partial charge on any atom is -0.484 e. The summed E-state index contributed by atoms with van der Waals surface area (Å²) in [6.45, 7) is -0.183. The summed E-state index contributed by atoms with van der Waals surface area (Å²) in [4.78, 5) is 23.4. The zero-order valence-electron chi connectivity index (χ0n) is 14.9. The lowest BCUT2D eigenvalue weighted by molar-refractivity contribution is -0.118. The van der Waals surface area contributed by atoms with Crippen LogP contribution in [0, 0.1) is 0 Å². The lowest BCUT2D eigenvalue weighted by Gasteiger charge is -2.22. The molecule has 2 aromatic carbocycles. The molecule has 0 bridgehead atoms. The molecular weight excluding hydrogens is 410 g/mol. The quantitative estimate of drug-likeness (QED) is 0.657. The van der Waals surface area contributed by atoms with Crippen molar-refractivity contribution < 1.29 is 19.4 Å². The van der Waals surface area contributed by atoms with E-state index in [9.17, 15) is 14.7 Å². The molecule has 0 radical (unpaired) electrons. The second-order valence-electron chi connectivity index (χ2n) is 6.74. The van der Waals surface area contributed by atoms with Crippen LogP contribution in [0.5, 0.6) is 5.75 Å². The Hall–Kier alpha value is -2.34. The molecule has 1 saturated carbocycles. The topological polar surface area (TPSA) is 75.6 Å². The van der Waals surface area contributed by atoms with E-state index in [1.165, 1.54) is 43.7 Å². The highest BCUT2D eigenvalue weighted by Gasteiger charge is 2.16. The second kappa shape index (κ2) is 9.04. The Kier molecular flexibility index (Phi) is 6.50. The van der Waals surface area contributed by atoms with Gasteiger partial charge in [0, 0.05) is 4.47 Å². The zero-order chi connectivity index (χ0) is 19.2. The minimum absolute atomic E-state index is 0.0227. The summed E-state index contributed by atoms with van der Waals surface area (Å²) < 4.78 is 6.17. The summed E-state index contributed by atoms with van der Waals surface area (Å²) in [5, 5.41) is 11.8. The summed E-state index contributed by atoms with van der Waals surface area (Å²) in [5.41, 5.74) is 1.59. The number of ether oxygens (including phenoxy) is 1. The number of nitrogens with one attached hydrogen (secondary N) is 1. The van der Waals surface area contributed by atoms with Gasteiger partial charge in [-0.25, -0.2) is 4.79 Å². The van der Waals surface area contributed by atoms with Crippen molar-refractivity contribution in [2.45, 2.75) is 38.0 Å². The number of hydrogen-bond donors (Lipinski definition) is 2. The first-order valence-electron chi connectivity index (χ1n) is 9.08. The lowest BCUT2D eigenvalue weighted by Crippen LogP contribution is -2.21. The second-order valence-corrected chi connectivity index (χ2v) is 7.65. The fourth-order valence-electron chi connectivity index (χ4n) is 3.41. The summed E-state index contributed by atoms with van der Waals surface area (Å²) in [6.07, 6.45) is 6.38. The van der Waals surface area contributed by atoms with E-state index in [-0.39, 0.29) is 17.9 Å². The van der Waals surface area contributed by atoms with Crippen LogP contribution in [0.2, 0.25) is 0 Å². The molecule has 1 amide bonds. The number of hydrogen-bond acceptors (Lipinski definition) is 3. The van der Waals surface area contributed by atoms with Crippen LogP contribution in [0.4, 0.5) is 5.69 Å². The van der Waals surface area contributed by atoms with Gasteiger partial charge in [-0.05, 0) is 54.7 Å². The molecule has 0 atom stereocenters. The van der Waals surface area contributed by atoms with E-state index in [4.69, 9.17) is 4.74 Å². The maximum atomic E-state index is 12.1. The molecule has 0 heterocycles. The number of rotatable bonds is 6. The first-order chi connectivity index (χ1) is 13.0. The van der Waals surface area contributed by atoms with Gasteiger partial charge >= 0.3 is 5.97 Å². The summed E-state index contributed by atoms with van der Waals surface area (Å²) in [5.74, 6) is -0.260. The maximum absolute atomic E-state index is 12.1. The van der Waals surface area contributed by atoms with Crippen molar-refractivity contribution in [1.82, 2.24) is 0 Å². The number of amides is 1. The van der Waals surface area contributed by atoms with Crippen LogP contribution < -0.4 is 10.1 Å². The minimum atomic E-state index is -1.11. The van der Waals surface area contributed by atoms with E-state index in [1.807, 2.05) is 12.1 Å². The maximum Gasteiger partial charge on any atom is 0.337 e. The van der Waals surface area contributed by atoms with E-state index in [2.05, 4.69) is 33.4 Å². The molecule has 0 spiro atoms. The van der Waals surface area contributed by atoms with Gasteiger partial charge < -0.3 is 15.2 Å². The Bertz CT molecular complexity index is 813. The molecule has 5 nitrogen and oxygen atoms in total. The van der Waals surface area contributed by atoms with Gasteiger partial charge in [-0.2, -0.15) is 0 Å². The van der Waals surface area contributed by atoms with Crippen molar-refractivity contribution in [2.75, 3.05) is 11.9 Å². The van der Waals surface area contributed by atoms with Gasteiger partial charge in [0.2, 0.25) is 0 Å². The number of carboxylic acids is 1. The molecule has 1 fully saturated rings. The van der Waals surface area contributed by atoms with Crippen molar-refractivity contribution in [1.29, 1.82) is 0 Å². The van der Waals surface area contributed by atoms with Crippen molar-refractivity contribution in [3.05, 3.63) is 58.1 Å². The lowest BCUT2D eigenvalue weighted by atomic mass is 9.84. The summed E-state index contributed by atoms with van der Waals surface area (Å²) in [7, 11) is 0. The van der Waals surface area contributed by atoms with Crippen molar-refractivity contribution >= 4 is 33.5 Å². The zero-order valence-corrected chi connectivity index (χ0v) is 16.5. The van der Waals surface area contributed by atoms with Crippen LogP contribution in [-0.4, -0.2) is 23.6 Å². The molecule has 0 aliphatic heterocycles. The average Bonchev–Trinajstić information content (AvgIpc) is 2.69. The Labute approximate surface area is 166 Å². The average molecular weight is 432 g/mol. The third kappa shape index (κ3) is 5.32. The first kappa shape index (κ1) is 19.4. The molecule has 142 valence electrons. The standard InChI is InChI=1S/C21H22BrNO4/c22-16-8-11-19(18(12-16)21(25)26)23-20(24)13-27-17-9-6-15(7-10-17)14-4-2-1-3-5-14/h6-12,14H,1-5,13H2,(H,23,24)(H,25,26). The molecule has 0 aromatic heterocycles. The number of halogens is 1. The van der Waals surface area contributed by atoms with E-state index in [0.717, 1.165) is 0 Å². The van der Waals surface area contributed by atoms with Gasteiger partial charge in [0.05, 0.1) is 11.3 Å². The highest BCUT2D eigenvalue weighted by molar-refractivity contribution is 9.10. The number of carbonyl (C=O) groups is 2. The molecule has 3 rings (SSSR count). The Morgan fingerprint density at radius 1 is 1.07 bits per heavy atom. The SMILES string of the molecule is O=C(COc1ccc(C2CCCCC2)cc1)Nc1ccc(Br)cc1C(=O)O. The molecule has 1 aliphatic carbocycles. The van der Waals surface area contributed by atoms with E-state index >= 15 is 0 Å². The highest BCUT2D eigenvalue weighted by atomic mass is 79.9. The van der Waals surface area contributed by atoms with Gasteiger partial charge in [-0.1, -0.05) is 47.3 Å². The number of carbonyl (C=O) groups excluding carboxylic acids is 1. The van der Waals surface area contributed by atoms with Crippen molar-refractivity contribution in [2.24, 2.45) is 0 Å². The normalized spacial score (nSPS) is 14.6. The third-order valence-corrected chi connectivity index (χ3v) is 5.31. The smallest absolute Gasteiger partial charge is 0.337 e. The third-order valence-electron chi connectivity index (χ3n) is 4.81. The number of anilines is 1. The van der Waals surface area contributed by atoms with Gasteiger partial charge in [-0.15, -0.1) is 0 Å². The molecular formula is C21H22BrNO4. The molecule has 2 N–H and O–H groups in total. The van der Waals surface area contributed by atoms with Gasteiger partial charge in [-0.3, -0.25) is 4.79 Å². The van der Waals surface area contributed by atoms with Crippen LogP contribution in [0.1, 0.15) is 53.9 Å². The highest BCUT2D eigenvalue weighted by Crippen LogP contribution is 2.33. The van der Waals surface area contributed by atoms with Gasteiger partial charge in [0.25, 0.3) is 5.91 Å². The van der Waals surface area contributed by atoms with Crippen LogP contribution in [0.15, 0.2) is 46.9 Å². The Morgan fingerprint density at radius 2 is 1.78 bits per heavy atom. The molecule has 27 heavy (non-hydrogen) atoms. The van der Waals surface area contributed by atoms with Gasteiger partial charge in [0.15, 0.2) is 6.61 Å². The van der Waals surface area contributed by atoms with Crippen LogP contribution in [0.25, 0.3) is 0 Å². The van der Waals surface area contributed by atoms with E-state index in [1.54, 1.807) is 12.1 Å². The molecule has 6 heteroatoms. The number of carboxylic acid groups (broad SMARTS) is 1. The number of aromatic carboxylic acids is 1. The number of benzene rings is 2. The van der Waals surface area contributed by atoms with Crippen molar-refractivity contribution in [3.63, 3.8) is 0 Å². The van der Waals surface area contributed by atoms with Crippen LogP contribution >= 0.6 is 15.9 Å². The van der Waals surface area contributed by atoms with Crippen molar-refractivity contribution in [3.8, 4) is 5.75 Å². The summed E-state index contributed by atoms with van der Waals surface area (Å²) in [6, 6.07) is 12.6. The van der Waals surface area contributed by atoms with Gasteiger partial charge in [0.1, 0.15) is 5.75 Å². The first-order valence-corrected chi connectivity index (χ1v) is 9.87. The Balaban J connectivity index is 1.55. The predicted octanol–water partition coefficient (Wildman–Crippen LogP) is 5.21. The molecule has 1 aliphatic rings. The van der Waals surface area contributed by atoms with Crippen LogP contribution in [-0.2, 0) is 4.79 Å². The molecule has 2 aromatic rings. The Morgan fingerprint density at radius 3 is 2.44 bits per heavy atom. The predicted molar refractivity (Wildman–Crippen MR) is 107 cm³/mol. The van der Waals surface area contributed by atoms with E-state index < -0.39 is 11.9 Å². The largest absolute Gasteiger partial charge is 0.484 e. The summed E-state index contributed by atoms with van der Waals surface area (Å²) >= 11 is 3.23. The molecule has 0 unspecified atom stereocenters. The van der Waals surface area contributed by atoms with Crippen LogP contribution in [0.3, 0.4) is 0 Å². The fourth-order valence-corrected chi connectivity index (χ4v) is 3.77. The van der Waals surface area contributed by atoms with E-state index in [0.29, 0.717) is 16.1 Å². The monoisotopic (exact) mass is 431 g/mol.